The molecule has 9 nitrogen and oxygen atoms in total. The minimum Gasteiger partial charge on any atom is -0.491 e. The fourth-order valence-electron chi connectivity index (χ4n) is 11.6. The van der Waals surface area contributed by atoms with Gasteiger partial charge in [0, 0.05) is 96.6 Å². The highest BCUT2D eigenvalue weighted by Gasteiger charge is 2.55. The first-order valence-electron chi connectivity index (χ1n) is 24.9. The van der Waals surface area contributed by atoms with Crippen molar-refractivity contribution in [1.29, 1.82) is 0 Å². The third kappa shape index (κ3) is 9.63. The van der Waals surface area contributed by atoms with Crippen molar-refractivity contribution in [3.8, 4) is 17.3 Å². The first-order chi connectivity index (χ1) is 33.0. The molecule has 0 amide bonds. The van der Waals surface area contributed by atoms with Gasteiger partial charge in [0.1, 0.15) is 5.69 Å². The van der Waals surface area contributed by atoms with Gasteiger partial charge in [0.15, 0.2) is 29.0 Å². The van der Waals surface area contributed by atoms with Crippen LogP contribution in [0.3, 0.4) is 0 Å². The van der Waals surface area contributed by atoms with Crippen molar-refractivity contribution in [3.63, 3.8) is 0 Å². The number of benzene rings is 2. The number of thioether (sulfide) groups is 4. The summed E-state index contributed by atoms with van der Waals surface area (Å²) in [5, 5.41) is 3.23. The summed E-state index contributed by atoms with van der Waals surface area (Å²) in [6.07, 6.45) is 12.4. The first kappa shape index (κ1) is 49.1. The summed E-state index contributed by atoms with van der Waals surface area (Å²) in [5.41, 5.74) is 12.0. The molecular weight excluding hydrogens is 921 g/mol. The van der Waals surface area contributed by atoms with Crippen molar-refractivity contribution in [3.05, 3.63) is 124 Å². The number of Topliss-reactive ketones (excluding diaryl/α,β-unsaturated/α-hetero) is 2. The average molecular weight is 989 g/mol. The molecule has 2 aromatic carbocycles. The standard InChI is InChI=1S/C21H25NOS2.C19H21NOS2.C13H16N4O.C2H6/c1-20(2)11-17-19(18(23)13-20)21(24-9-10-25-21)12-16-15-6-4-3-5-14(15)7-8-22(16)17;21-17-7-3-6-15-18(17)19(22-10-11-23-19)12-16-14-5-2-1-4-13(14)8-9-20(15)16;1-9(2)16-13-11(18-3)8-15-12(17-13)10-6-4-5-7-14-10;1-2/h3-6,16H,7-13H2,1-2H3;1-2,4-5,16H,3,6-12H2;4-9H,1-3H3,(H,15,16,17);1-2H3. The van der Waals surface area contributed by atoms with Crippen LogP contribution in [0.4, 0.5) is 5.82 Å². The largest absolute Gasteiger partial charge is 0.491 e. The topological polar surface area (TPSA) is 101 Å². The lowest BCUT2D eigenvalue weighted by Crippen LogP contribution is -2.49. The molecule has 2 aromatic heterocycles. The maximum absolute atomic E-state index is 13.2. The minimum atomic E-state index is 0.00847. The molecule has 2 unspecified atom stereocenters. The highest BCUT2D eigenvalue weighted by molar-refractivity contribution is 8.22. The third-order valence-electron chi connectivity index (χ3n) is 14.2. The fourth-order valence-corrected chi connectivity index (χ4v) is 18.5. The van der Waals surface area contributed by atoms with Crippen molar-refractivity contribution in [2.75, 3.05) is 48.5 Å². The molecule has 1 N–H and O–H groups in total. The number of carbonyl (C=O) groups is 2. The zero-order chi connectivity index (χ0) is 47.6. The van der Waals surface area contributed by atoms with Gasteiger partial charge >= 0.3 is 0 Å². The van der Waals surface area contributed by atoms with E-state index in [1.165, 1.54) is 67.8 Å². The van der Waals surface area contributed by atoms with Crippen LogP contribution in [-0.4, -0.2) is 93.7 Å². The molecule has 0 bridgehead atoms. The minimum absolute atomic E-state index is 0.00847. The molecule has 0 saturated carbocycles. The number of carbonyl (C=O) groups excluding carboxylic acids is 2. The predicted octanol–water partition coefficient (Wildman–Crippen LogP) is 12.4. The van der Waals surface area contributed by atoms with Crippen LogP contribution in [0.15, 0.2) is 102 Å². The first-order valence-corrected chi connectivity index (χ1v) is 28.8. The number of hydrogen-bond acceptors (Lipinski definition) is 13. The zero-order valence-corrected chi connectivity index (χ0v) is 44.2. The molecule has 2 aliphatic carbocycles. The van der Waals surface area contributed by atoms with E-state index in [-0.39, 0.29) is 19.6 Å². The average Bonchev–Trinajstić information content (AvgIpc) is 4.02. The third-order valence-corrected chi connectivity index (χ3v) is 21.2. The SMILES string of the molecule is CC.CC1(C)CC(=O)C2=C(C1)N1CCc3ccccc3C1CC21SCCS1.COc1cnc(-c2ccccn2)nc1NC(C)C.O=C1CCCC2=C1C1(CC3c4ccccc4CCN23)SCCS1. The van der Waals surface area contributed by atoms with Crippen LogP contribution < -0.4 is 10.1 Å². The number of nitrogens with one attached hydrogen (secondary N) is 1. The Kier molecular flexibility index (Phi) is 15.0. The van der Waals surface area contributed by atoms with Crippen molar-refractivity contribution >= 4 is 64.4 Å². The number of nitrogens with zero attached hydrogens (tertiary/aromatic N) is 5. The van der Waals surface area contributed by atoms with Crippen LogP contribution in [0, 0.1) is 5.41 Å². The van der Waals surface area contributed by atoms with Gasteiger partial charge in [0.2, 0.25) is 0 Å². The van der Waals surface area contributed by atoms with Crippen molar-refractivity contribution in [1.82, 2.24) is 24.8 Å². The van der Waals surface area contributed by atoms with E-state index in [0.29, 0.717) is 47.5 Å². The van der Waals surface area contributed by atoms with E-state index in [1.54, 1.807) is 19.5 Å². The Morgan fingerprint density at radius 1 is 0.691 bits per heavy atom. The molecule has 2 saturated heterocycles. The summed E-state index contributed by atoms with van der Waals surface area (Å²) in [6, 6.07) is 24.8. The number of ether oxygens (including phenoxy) is 1. The summed E-state index contributed by atoms with van der Waals surface area (Å²) in [6.45, 7) is 14.8. The number of aromatic nitrogens is 3. The lowest BCUT2D eigenvalue weighted by Gasteiger charge is -2.53. The Hall–Kier alpha value is -3.91. The van der Waals surface area contributed by atoms with Crippen LogP contribution in [0.2, 0.25) is 0 Å². The Labute approximate surface area is 421 Å². The van der Waals surface area contributed by atoms with Crippen LogP contribution in [0.25, 0.3) is 11.5 Å². The van der Waals surface area contributed by atoms with Gasteiger partial charge in [-0.05, 0) is 85.8 Å². The highest BCUT2D eigenvalue weighted by Crippen LogP contribution is 2.63. The van der Waals surface area contributed by atoms with Crippen molar-refractivity contribution < 1.29 is 14.3 Å². The molecule has 360 valence electrons. The summed E-state index contributed by atoms with van der Waals surface area (Å²) in [4.78, 5) is 44.1. The molecule has 12 rings (SSSR count). The second-order valence-corrected chi connectivity index (χ2v) is 25.7. The summed E-state index contributed by atoms with van der Waals surface area (Å²) in [7, 11) is 1.60. The Balaban J connectivity index is 0.000000127. The van der Waals surface area contributed by atoms with Crippen LogP contribution in [0.1, 0.15) is 121 Å². The van der Waals surface area contributed by atoms with Gasteiger partial charge in [-0.2, -0.15) is 0 Å². The second kappa shape index (κ2) is 20.8. The molecule has 68 heavy (non-hydrogen) atoms. The Morgan fingerprint density at radius 3 is 1.81 bits per heavy atom. The van der Waals surface area contributed by atoms with E-state index in [4.69, 9.17) is 4.74 Å². The second-order valence-electron chi connectivity index (χ2n) is 19.6. The van der Waals surface area contributed by atoms with Gasteiger partial charge in [-0.25, -0.2) is 9.97 Å². The van der Waals surface area contributed by atoms with E-state index in [2.05, 4.69) is 92.4 Å². The summed E-state index contributed by atoms with van der Waals surface area (Å²) in [5.74, 6) is 7.47. The van der Waals surface area contributed by atoms with Crippen molar-refractivity contribution in [2.45, 2.75) is 126 Å². The molecule has 6 aliphatic heterocycles. The lowest BCUT2D eigenvalue weighted by atomic mass is 9.71. The zero-order valence-electron chi connectivity index (χ0n) is 40.9. The molecule has 2 spiro atoms. The van der Waals surface area contributed by atoms with Gasteiger partial charge in [-0.3, -0.25) is 14.6 Å². The van der Waals surface area contributed by atoms with Crippen molar-refractivity contribution in [2.24, 2.45) is 5.41 Å². The number of anilines is 1. The van der Waals surface area contributed by atoms with E-state index < -0.39 is 0 Å². The van der Waals surface area contributed by atoms with Crippen LogP contribution in [0.5, 0.6) is 5.75 Å². The van der Waals surface area contributed by atoms with E-state index >= 15 is 0 Å². The molecule has 4 aromatic rings. The Bertz CT molecular complexity index is 2550. The van der Waals surface area contributed by atoms with Crippen LogP contribution >= 0.6 is 47.0 Å². The lowest BCUT2D eigenvalue weighted by molar-refractivity contribution is -0.119. The number of methoxy groups -OCH3 is 1. The molecule has 2 fully saturated rings. The Morgan fingerprint density at radius 2 is 1.25 bits per heavy atom. The number of allylic oxidation sites excluding steroid dienone is 2. The van der Waals surface area contributed by atoms with Gasteiger partial charge in [-0.15, -0.1) is 47.0 Å². The highest BCUT2D eigenvalue weighted by atomic mass is 32.2. The summed E-state index contributed by atoms with van der Waals surface area (Å²) >= 11 is 8.17. The van der Waals surface area contributed by atoms with Crippen LogP contribution in [-0.2, 0) is 22.4 Å². The fraction of sp³-hybridized carbons (Fsp3) is 0.509. The molecule has 0 radical (unpaired) electrons. The van der Waals surface area contributed by atoms with Gasteiger partial charge in [0.25, 0.3) is 0 Å². The van der Waals surface area contributed by atoms with Gasteiger partial charge < -0.3 is 19.9 Å². The number of fused-ring (bicyclic) bond motifs is 10. The van der Waals surface area contributed by atoms with Gasteiger partial charge in [0.05, 0.1) is 33.5 Å². The molecular formula is C55H68N6O3S4. The number of rotatable bonds is 4. The maximum Gasteiger partial charge on any atom is 0.180 e. The smallest absolute Gasteiger partial charge is 0.180 e. The monoisotopic (exact) mass is 988 g/mol. The summed E-state index contributed by atoms with van der Waals surface area (Å²) < 4.78 is 5.28. The van der Waals surface area contributed by atoms with Gasteiger partial charge in [-0.1, -0.05) is 82.3 Å². The number of hydrogen-bond donors (Lipinski definition) is 1. The molecule has 8 aliphatic rings. The molecule has 13 heteroatoms. The number of ketones is 2. The van der Waals surface area contributed by atoms with E-state index in [9.17, 15) is 9.59 Å². The quantitative estimate of drug-likeness (QED) is 0.210. The van der Waals surface area contributed by atoms with E-state index in [0.717, 1.165) is 70.2 Å². The predicted molar refractivity (Wildman–Crippen MR) is 287 cm³/mol. The normalized spacial score (nSPS) is 23.4. The maximum atomic E-state index is 13.2. The molecule has 8 heterocycles. The van der Waals surface area contributed by atoms with E-state index in [1.807, 2.05) is 92.9 Å². The number of pyridine rings is 1. The molecule has 2 atom stereocenters.